The van der Waals surface area contributed by atoms with Crippen LogP contribution in [-0.4, -0.2) is 22.1 Å². The van der Waals surface area contributed by atoms with Crippen molar-refractivity contribution in [1.82, 2.24) is 14.9 Å². The molecule has 1 N–H and O–H groups in total. The van der Waals surface area contributed by atoms with Crippen LogP contribution >= 0.6 is 0 Å². The maximum Gasteiger partial charge on any atom is 0.225 e. The summed E-state index contributed by atoms with van der Waals surface area (Å²) < 4.78 is 8.20. The first-order valence-corrected chi connectivity index (χ1v) is 12.0. The van der Waals surface area contributed by atoms with E-state index in [1.54, 1.807) is 0 Å². The van der Waals surface area contributed by atoms with E-state index in [0.29, 0.717) is 6.61 Å². The van der Waals surface area contributed by atoms with Gasteiger partial charge in [0.2, 0.25) is 5.91 Å². The Balaban J connectivity index is 1.61. The molecule has 0 fully saturated rings. The lowest BCUT2D eigenvalue weighted by atomic mass is 9.87. The lowest BCUT2D eigenvalue weighted by molar-refractivity contribution is -0.129. The average molecular weight is 450 g/mol. The summed E-state index contributed by atoms with van der Waals surface area (Å²) in [5.41, 5.74) is 3.07. The number of aryl methyl sites for hydroxylation is 1. The summed E-state index contributed by atoms with van der Waals surface area (Å²) in [6, 6.07) is 16.4. The van der Waals surface area contributed by atoms with Gasteiger partial charge in [0.25, 0.3) is 0 Å². The SMILES string of the molecule is CC(NC(=O)C(C)(C)C)c1nc2ccccc2n1CCCCOc1ccc(C(C)(C)C)cc1. The van der Waals surface area contributed by atoms with Gasteiger partial charge in [-0.2, -0.15) is 0 Å². The van der Waals surface area contributed by atoms with Crippen molar-refractivity contribution in [3.8, 4) is 5.75 Å². The quantitative estimate of drug-likeness (QED) is 0.404. The number of nitrogens with zero attached hydrogens (tertiary/aromatic N) is 2. The van der Waals surface area contributed by atoms with Crippen LogP contribution in [0, 0.1) is 5.41 Å². The summed E-state index contributed by atoms with van der Waals surface area (Å²) in [5, 5.41) is 3.13. The van der Waals surface area contributed by atoms with E-state index < -0.39 is 5.41 Å². The fourth-order valence-corrected chi connectivity index (χ4v) is 3.75. The lowest BCUT2D eigenvalue weighted by Crippen LogP contribution is -2.37. The van der Waals surface area contributed by atoms with Gasteiger partial charge in [-0.3, -0.25) is 4.79 Å². The van der Waals surface area contributed by atoms with E-state index in [1.807, 2.05) is 45.9 Å². The van der Waals surface area contributed by atoms with Crippen molar-refractivity contribution in [3.63, 3.8) is 0 Å². The molecule has 3 aromatic rings. The predicted octanol–water partition coefficient (Wildman–Crippen LogP) is 6.42. The molecule has 2 aromatic carbocycles. The number of carbonyl (C=O) groups excluding carboxylic acids is 1. The highest BCUT2D eigenvalue weighted by Gasteiger charge is 2.25. The minimum Gasteiger partial charge on any atom is -0.494 e. The second-order valence-corrected chi connectivity index (χ2v) is 10.9. The molecule has 0 aliphatic carbocycles. The van der Waals surface area contributed by atoms with E-state index in [2.05, 4.69) is 61.0 Å². The van der Waals surface area contributed by atoms with Crippen molar-refractivity contribution in [2.75, 3.05) is 6.61 Å². The van der Waals surface area contributed by atoms with E-state index in [4.69, 9.17) is 9.72 Å². The number of nitrogens with one attached hydrogen (secondary N) is 1. The first-order chi connectivity index (χ1) is 15.5. The highest BCUT2D eigenvalue weighted by Crippen LogP contribution is 2.25. The topological polar surface area (TPSA) is 56.2 Å². The molecule has 178 valence electrons. The fraction of sp³-hybridized carbons (Fsp3) is 0.500. The van der Waals surface area contributed by atoms with E-state index in [9.17, 15) is 4.79 Å². The smallest absolute Gasteiger partial charge is 0.225 e. The van der Waals surface area contributed by atoms with Gasteiger partial charge in [0.1, 0.15) is 11.6 Å². The molecule has 1 heterocycles. The van der Waals surface area contributed by atoms with Crippen molar-refractivity contribution in [1.29, 1.82) is 0 Å². The Hall–Kier alpha value is -2.82. The van der Waals surface area contributed by atoms with Crippen LogP contribution in [0.1, 0.15) is 78.7 Å². The van der Waals surface area contributed by atoms with Gasteiger partial charge in [0.15, 0.2) is 0 Å². The van der Waals surface area contributed by atoms with E-state index in [1.165, 1.54) is 5.56 Å². The highest BCUT2D eigenvalue weighted by molar-refractivity contribution is 5.82. The first-order valence-electron chi connectivity index (χ1n) is 12.0. The molecule has 5 nitrogen and oxygen atoms in total. The molecule has 0 saturated carbocycles. The third-order valence-corrected chi connectivity index (χ3v) is 5.87. The lowest BCUT2D eigenvalue weighted by Gasteiger charge is -2.22. The normalized spacial score (nSPS) is 13.2. The Bertz CT molecular complexity index is 1070. The molecule has 0 aliphatic rings. The number of fused-ring (bicyclic) bond motifs is 1. The van der Waals surface area contributed by atoms with E-state index in [-0.39, 0.29) is 17.4 Å². The third kappa shape index (κ3) is 6.37. The summed E-state index contributed by atoms with van der Waals surface area (Å²) in [6.45, 7) is 15.9. The maximum atomic E-state index is 12.5. The van der Waals surface area contributed by atoms with Gasteiger partial charge in [-0.15, -0.1) is 0 Å². The van der Waals surface area contributed by atoms with Crippen LogP contribution in [-0.2, 0) is 16.8 Å². The Kier molecular flexibility index (Phi) is 7.51. The number of carbonyl (C=O) groups is 1. The van der Waals surface area contributed by atoms with Crippen molar-refractivity contribution in [3.05, 3.63) is 59.9 Å². The number of imidazole rings is 1. The third-order valence-electron chi connectivity index (χ3n) is 5.87. The van der Waals surface area contributed by atoms with Crippen LogP contribution in [0.4, 0.5) is 0 Å². The van der Waals surface area contributed by atoms with Gasteiger partial charge in [-0.05, 0) is 55.0 Å². The van der Waals surface area contributed by atoms with Crippen molar-refractivity contribution < 1.29 is 9.53 Å². The average Bonchev–Trinajstić information content (AvgIpc) is 3.11. The van der Waals surface area contributed by atoms with Crippen LogP contribution in [0.25, 0.3) is 11.0 Å². The van der Waals surface area contributed by atoms with E-state index >= 15 is 0 Å². The van der Waals surface area contributed by atoms with Crippen molar-refractivity contribution in [2.24, 2.45) is 5.41 Å². The summed E-state index contributed by atoms with van der Waals surface area (Å²) in [7, 11) is 0. The molecular weight excluding hydrogens is 410 g/mol. The molecule has 1 amide bonds. The molecule has 1 unspecified atom stereocenters. The molecule has 0 saturated heterocycles. The fourth-order valence-electron chi connectivity index (χ4n) is 3.75. The summed E-state index contributed by atoms with van der Waals surface area (Å²) in [5.74, 6) is 1.84. The molecule has 0 aliphatic heterocycles. The van der Waals surface area contributed by atoms with Gasteiger partial charge in [0, 0.05) is 12.0 Å². The largest absolute Gasteiger partial charge is 0.494 e. The molecule has 1 atom stereocenters. The zero-order valence-corrected chi connectivity index (χ0v) is 21.2. The van der Waals surface area contributed by atoms with Gasteiger partial charge >= 0.3 is 0 Å². The molecule has 5 heteroatoms. The van der Waals surface area contributed by atoms with Gasteiger partial charge in [-0.25, -0.2) is 4.98 Å². The van der Waals surface area contributed by atoms with E-state index in [0.717, 1.165) is 42.0 Å². The predicted molar refractivity (Wildman–Crippen MR) is 136 cm³/mol. The molecule has 0 radical (unpaired) electrons. The van der Waals surface area contributed by atoms with Crippen molar-refractivity contribution >= 4 is 16.9 Å². The number of unbranched alkanes of at least 4 members (excludes halogenated alkanes) is 1. The number of hydrogen-bond donors (Lipinski definition) is 1. The Morgan fingerprint density at radius 1 is 1.00 bits per heavy atom. The summed E-state index contributed by atoms with van der Waals surface area (Å²) in [4.78, 5) is 17.4. The highest BCUT2D eigenvalue weighted by atomic mass is 16.5. The monoisotopic (exact) mass is 449 g/mol. The Morgan fingerprint density at radius 2 is 1.67 bits per heavy atom. The zero-order valence-electron chi connectivity index (χ0n) is 21.2. The molecule has 0 spiro atoms. The molecule has 33 heavy (non-hydrogen) atoms. The second-order valence-electron chi connectivity index (χ2n) is 10.9. The first kappa shape index (κ1) is 24.8. The van der Waals surface area contributed by atoms with Crippen LogP contribution in [0.3, 0.4) is 0 Å². The van der Waals surface area contributed by atoms with Crippen LogP contribution in [0.5, 0.6) is 5.75 Å². The van der Waals surface area contributed by atoms with Crippen LogP contribution in [0.15, 0.2) is 48.5 Å². The van der Waals surface area contributed by atoms with Gasteiger partial charge < -0.3 is 14.6 Å². The van der Waals surface area contributed by atoms with Crippen LogP contribution in [0.2, 0.25) is 0 Å². The Labute approximate surface area is 198 Å². The number of rotatable bonds is 8. The summed E-state index contributed by atoms with van der Waals surface area (Å²) in [6.07, 6.45) is 1.91. The number of aromatic nitrogens is 2. The standard InChI is InChI=1S/C28H39N3O2/c1-20(29-26(32)28(5,6)7)25-30-23-12-8-9-13-24(23)31(25)18-10-11-19-33-22-16-14-21(15-17-22)27(2,3)4/h8-9,12-17,20H,10-11,18-19H2,1-7H3,(H,29,32). The minimum atomic E-state index is -0.437. The molecule has 0 bridgehead atoms. The molecular formula is C28H39N3O2. The Morgan fingerprint density at radius 3 is 2.30 bits per heavy atom. The number of ether oxygens (including phenoxy) is 1. The maximum absolute atomic E-state index is 12.5. The van der Waals surface area contributed by atoms with Gasteiger partial charge in [0.05, 0.1) is 23.7 Å². The summed E-state index contributed by atoms with van der Waals surface area (Å²) >= 11 is 0. The number of hydrogen-bond acceptors (Lipinski definition) is 3. The molecule has 3 rings (SSSR count). The van der Waals surface area contributed by atoms with Gasteiger partial charge in [-0.1, -0.05) is 65.8 Å². The van der Waals surface area contributed by atoms with Crippen molar-refractivity contribution in [2.45, 2.75) is 79.3 Å². The zero-order chi connectivity index (χ0) is 24.2. The second kappa shape index (κ2) is 9.98. The molecule has 1 aromatic heterocycles. The number of benzene rings is 2. The minimum absolute atomic E-state index is 0.0273. The number of amides is 1. The van der Waals surface area contributed by atoms with Crippen LogP contribution < -0.4 is 10.1 Å². The number of para-hydroxylation sites is 2.